The molecular formula is C23H31ClN2OS. The van der Waals surface area contributed by atoms with Crippen molar-refractivity contribution in [3.63, 3.8) is 0 Å². The van der Waals surface area contributed by atoms with Crippen LogP contribution in [0.2, 0.25) is 0 Å². The Morgan fingerprint density at radius 2 is 2.04 bits per heavy atom. The molecule has 0 radical (unpaired) electrons. The van der Waals surface area contributed by atoms with Gasteiger partial charge in [-0.1, -0.05) is 29.8 Å². The first-order valence-electron chi connectivity index (χ1n) is 9.78. The fourth-order valence-electron chi connectivity index (χ4n) is 3.62. The number of benzene rings is 2. The molecule has 152 valence electrons. The third-order valence-electron chi connectivity index (χ3n) is 5.40. The lowest BCUT2D eigenvalue weighted by molar-refractivity contribution is 0.0661. The molecule has 3 rings (SSSR count). The first-order chi connectivity index (χ1) is 12.9. The largest absolute Gasteiger partial charge is 0.338 e. The summed E-state index contributed by atoms with van der Waals surface area (Å²) in [6, 6.07) is 14.8. The van der Waals surface area contributed by atoms with E-state index in [2.05, 4.69) is 44.2 Å². The molecule has 1 aliphatic rings. The predicted octanol–water partition coefficient (Wildman–Crippen LogP) is 5.22. The zero-order valence-corrected chi connectivity index (χ0v) is 18.6. The van der Waals surface area contributed by atoms with Gasteiger partial charge in [0.2, 0.25) is 0 Å². The maximum absolute atomic E-state index is 13.0. The number of thioether (sulfide) groups is 1. The van der Waals surface area contributed by atoms with E-state index in [-0.39, 0.29) is 24.4 Å². The lowest BCUT2D eigenvalue weighted by atomic mass is 9.92. The highest BCUT2D eigenvalue weighted by Crippen LogP contribution is 2.28. The second-order valence-corrected chi connectivity index (χ2v) is 8.79. The minimum Gasteiger partial charge on any atom is -0.338 e. The van der Waals surface area contributed by atoms with Gasteiger partial charge in [-0.3, -0.25) is 4.79 Å². The van der Waals surface area contributed by atoms with Gasteiger partial charge in [0.1, 0.15) is 0 Å². The van der Waals surface area contributed by atoms with E-state index in [0.29, 0.717) is 5.92 Å². The Morgan fingerprint density at radius 1 is 1.25 bits per heavy atom. The van der Waals surface area contributed by atoms with E-state index in [1.807, 2.05) is 35.7 Å². The number of aryl methyl sites for hydroxylation is 2. The molecule has 0 spiro atoms. The molecule has 0 bridgehead atoms. The zero-order chi connectivity index (χ0) is 19.4. The van der Waals surface area contributed by atoms with Crippen molar-refractivity contribution in [1.82, 2.24) is 4.90 Å². The van der Waals surface area contributed by atoms with Gasteiger partial charge in [-0.25, -0.2) is 0 Å². The van der Waals surface area contributed by atoms with Gasteiger partial charge in [0.05, 0.1) is 0 Å². The fraction of sp³-hybridized carbons (Fsp3) is 0.435. The molecule has 0 aromatic heterocycles. The summed E-state index contributed by atoms with van der Waals surface area (Å²) < 4.78 is 0. The summed E-state index contributed by atoms with van der Waals surface area (Å²) in [6.07, 6.45) is 2.16. The third kappa shape index (κ3) is 5.76. The number of rotatable bonds is 5. The fourth-order valence-corrected chi connectivity index (χ4v) is 4.69. The smallest absolute Gasteiger partial charge is 0.253 e. The van der Waals surface area contributed by atoms with Crippen LogP contribution in [-0.4, -0.2) is 29.9 Å². The lowest BCUT2D eigenvalue weighted by Gasteiger charge is -2.34. The summed E-state index contributed by atoms with van der Waals surface area (Å²) in [7, 11) is 0. The topological polar surface area (TPSA) is 46.3 Å². The van der Waals surface area contributed by atoms with Crippen molar-refractivity contribution in [3.8, 4) is 0 Å². The van der Waals surface area contributed by atoms with E-state index < -0.39 is 0 Å². The van der Waals surface area contributed by atoms with Crippen molar-refractivity contribution in [2.45, 2.75) is 50.3 Å². The highest BCUT2D eigenvalue weighted by molar-refractivity contribution is 7.98. The van der Waals surface area contributed by atoms with Crippen LogP contribution < -0.4 is 5.73 Å². The second kappa shape index (κ2) is 10.3. The molecule has 5 heteroatoms. The number of piperidine rings is 1. The molecule has 1 aliphatic heterocycles. The molecule has 2 aromatic carbocycles. The van der Waals surface area contributed by atoms with Crippen LogP contribution in [0.4, 0.5) is 0 Å². The third-order valence-corrected chi connectivity index (χ3v) is 6.63. The van der Waals surface area contributed by atoms with Crippen LogP contribution >= 0.6 is 24.2 Å². The van der Waals surface area contributed by atoms with E-state index in [0.717, 1.165) is 37.2 Å². The van der Waals surface area contributed by atoms with Gasteiger partial charge >= 0.3 is 0 Å². The Morgan fingerprint density at radius 3 is 2.79 bits per heavy atom. The van der Waals surface area contributed by atoms with Crippen LogP contribution in [0, 0.1) is 19.8 Å². The number of nitrogens with zero attached hydrogens (tertiary/aromatic N) is 1. The number of hydrogen-bond donors (Lipinski definition) is 1. The summed E-state index contributed by atoms with van der Waals surface area (Å²) in [6.45, 7) is 7.93. The molecular weight excluding hydrogens is 388 g/mol. The quantitative estimate of drug-likeness (QED) is 0.677. The number of nitrogens with two attached hydrogens (primary N) is 1. The highest BCUT2D eigenvalue weighted by atomic mass is 35.5. The van der Waals surface area contributed by atoms with E-state index >= 15 is 0 Å². The van der Waals surface area contributed by atoms with Gasteiger partial charge in [0.25, 0.3) is 5.91 Å². The summed E-state index contributed by atoms with van der Waals surface area (Å²) in [5, 5.41) is 0. The van der Waals surface area contributed by atoms with Crippen LogP contribution in [0.5, 0.6) is 0 Å². The molecule has 2 unspecified atom stereocenters. The number of carbonyl (C=O) groups is 1. The van der Waals surface area contributed by atoms with Crippen LogP contribution in [0.1, 0.15) is 46.8 Å². The Hall–Kier alpha value is -1.49. The monoisotopic (exact) mass is 418 g/mol. The van der Waals surface area contributed by atoms with Crippen molar-refractivity contribution >= 4 is 30.1 Å². The summed E-state index contributed by atoms with van der Waals surface area (Å²) >= 11 is 1.83. The van der Waals surface area contributed by atoms with E-state index in [1.54, 1.807) is 0 Å². The molecule has 2 atom stereocenters. The van der Waals surface area contributed by atoms with E-state index in [9.17, 15) is 4.79 Å². The summed E-state index contributed by atoms with van der Waals surface area (Å²) in [4.78, 5) is 16.3. The summed E-state index contributed by atoms with van der Waals surface area (Å²) in [5.74, 6) is 1.41. The number of likely N-dealkylation sites (tertiary alicyclic amines) is 1. The standard InChI is InChI=1S/C23H30N2OS.ClH/c1-16-9-10-17(2)22(12-16)27-15-19-6-4-7-20(13-19)23(26)25-11-5-8-21(14-25)18(3)24;/h4,6-7,9-10,12-13,18,21H,5,8,11,14-15,24H2,1-3H3;1H. The molecule has 2 aromatic rings. The number of halogens is 1. The molecule has 1 fully saturated rings. The van der Waals surface area contributed by atoms with Crippen molar-refractivity contribution in [3.05, 3.63) is 64.7 Å². The molecule has 0 saturated carbocycles. The Bertz CT molecular complexity index is 809. The number of hydrogen-bond acceptors (Lipinski definition) is 3. The van der Waals surface area contributed by atoms with Crippen LogP contribution in [0.3, 0.4) is 0 Å². The van der Waals surface area contributed by atoms with Crippen molar-refractivity contribution < 1.29 is 4.79 Å². The van der Waals surface area contributed by atoms with Crippen LogP contribution in [-0.2, 0) is 5.75 Å². The van der Waals surface area contributed by atoms with Gasteiger partial charge in [-0.15, -0.1) is 24.2 Å². The van der Waals surface area contributed by atoms with Crippen molar-refractivity contribution in [2.24, 2.45) is 11.7 Å². The average molecular weight is 419 g/mol. The first-order valence-corrected chi connectivity index (χ1v) is 10.8. The van der Waals surface area contributed by atoms with Gasteiger partial charge in [-0.2, -0.15) is 0 Å². The van der Waals surface area contributed by atoms with Gasteiger partial charge in [-0.05, 0) is 68.9 Å². The maximum Gasteiger partial charge on any atom is 0.253 e. The van der Waals surface area contributed by atoms with E-state index in [1.165, 1.54) is 21.6 Å². The minimum atomic E-state index is 0. The Kier molecular flexibility index (Phi) is 8.41. The predicted molar refractivity (Wildman–Crippen MR) is 121 cm³/mol. The molecule has 1 heterocycles. The van der Waals surface area contributed by atoms with Crippen molar-refractivity contribution in [2.75, 3.05) is 13.1 Å². The SMILES string of the molecule is Cc1ccc(C)c(SCc2cccc(C(=O)N3CCCC(C(C)N)C3)c2)c1.Cl. The van der Waals surface area contributed by atoms with Crippen LogP contribution in [0.25, 0.3) is 0 Å². The number of amides is 1. The molecule has 2 N–H and O–H groups in total. The van der Waals surface area contributed by atoms with Crippen LogP contribution in [0.15, 0.2) is 47.4 Å². The second-order valence-electron chi connectivity index (χ2n) is 7.77. The van der Waals surface area contributed by atoms with Gasteiger partial charge in [0.15, 0.2) is 0 Å². The molecule has 3 nitrogen and oxygen atoms in total. The zero-order valence-electron chi connectivity index (χ0n) is 17.0. The molecule has 28 heavy (non-hydrogen) atoms. The molecule has 1 saturated heterocycles. The average Bonchev–Trinajstić information content (AvgIpc) is 2.68. The lowest BCUT2D eigenvalue weighted by Crippen LogP contribution is -2.45. The minimum absolute atomic E-state index is 0. The van der Waals surface area contributed by atoms with Crippen molar-refractivity contribution in [1.29, 1.82) is 0 Å². The Balaban J connectivity index is 0.00000280. The van der Waals surface area contributed by atoms with E-state index in [4.69, 9.17) is 5.73 Å². The van der Waals surface area contributed by atoms with Gasteiger partial charge < -0.3 is 10.6 Å². The molecule has 0 aliphatic carbocycles. The summed E-state index contributed by atoms with van der Waals surface area (Å²) in [5.41, 5.74) is 10.6. The molecule has 1 amide bonds. The Labute approximate surface area is 179 Å². The first kappa shape index (κ1) is 22.8. The number of carbonyl (C=O) groups excluding carboxylic acids is 1. The normalized spacial score (nSPS) is 17.7. The maximum atomic E-state index is 13.0. The van der Waals surface area contributed by atoms with Gasteiger partial charge in [0, 0.05) is 35.3 Å². The highest BCUT2D eigenvalue weighted by Gasteiger charge is 2.26.